The Hall–Kier alpha value is -3.48. The Labute approximate surface area is 161 Å². The van der Waals surface area contributed by atoms with E-state index in [1.807, 2.05) is 6.92 Å². The zero-order chi connectivity index (χ0) is 19.8. The van der Waals surface area contributed by atoms with Crippen LogP contribution in [0, 0.1) is 0 Å². The number of Topliss-reactive ketones (excluding diaryl/α,β-unsaturated/α-hetero) is 2. The summed E-state index contributed by atoms with van der Waals surface area (Å²) in [7, 11) is 0. The molecule has 2 aliphatic heterocycles. The molecule has 0 atom stereocenters. The van der Waals surface area contributed by atoms with Crippen molar-refractivity contribution in [3.8, 4) is 5.75 Å². The summed E-state index contributed by atoms with van der Waals surface area (Å²) in [4.78, 5) is 52.2. The lowest BCUT2D eigenvalue weighted by atomic mass is 10.1. The van der Waals surface area contributed by atoms with Gasteiger partial charge >= 0.3 is 0 Å². The number of fused-ring (bicyclic) bond motifs is 2. The third-order valence-electron chi connectivity index (χ3n) is 4.85. The topological polar surface area (TPSA) is 84.0 Å². The van der Waals surface area contributed by atoms with Gasteiger partial charge in [0.1, 0.15) is 5.75 Å². The van der Waals surface area contributed by atoms with Gasteiger partial charge in [-0.05, 0) is 36.8 Å². The van der Waals surface area contributed by atoms with Crippen molar-refractivity contribution in [1.29, 1.82) is 0 Å². The fraction of sp³-hybridized carbons (Fsp3) is 0.238. The fourth-order valence-corrected chi connectivity index (χ4v) is 3.48. The van der Waals surface area contributed by atoms with E-state index in [1.54, 1.807) is 47.4 Å². The molecular formula is C21H18N2O5. The van der Waals surface area contributed by atoms with Gasteiger partial charge in [0.05, 0.1) is 23.5 Å². The summed E-state index contributed by atoms with van der Waals surface area (Å²) in [5.41, 5.74) is 1.64. The van der Waals surface area contributed by atoms with Crippen molar-refractivity contribution in [2.24, 2.45) is 0 Å². The van der Waals surface area contributed by atoms with Crippen molar-refractivity contribution >= 4 is 34.8 Å². The summed E-state index contributed by atoms with van der Waals surface area (Å²) in [6.45, 7) is 2.22. The molecule has 28 heavy (non-hydrogen) atoms. The summed E-state index contributed by atoms with van der Waals surface area (Å²) >= 11 is 0. The third-order valence-corrected chi connectivity index (χ3v) is 4.85. The fourth-order valence-electron chi connectivity index (χ4n) is 3.48. The quantitative estimate of drug-likeness (QED) is 0.588. The van der Waals surface area contributed by atoms with Crippen LogP contribution in [-0.4, -0.2) is 43.1 Å². The van der Waals surface area contributed by atoms with Gasteiger partial charge in [-0.3, -0.25) is 24.1 Å². The van der Waals surface area contributed by atoms with Crippen LogP contribution in [0.1, 0.15) is 34.1 Å². The molecule has 7 heteroatoms. The Morgan fingerprint density at radius 2 is 1.82 bits per heavy atom. The normalized spacial score (nSPS) is 15.4. The number of para-hydroxylation sites is 1. The van der Waals surface area contributed by atoms with Gasteiger partial charge in [0, 0.05) is 12.1 Å². The van der Waals surface area contributed by atoms with Crippen LogP contribution in [0.5, 0.6) is 5.75 Å². The van der Waals surface area contributed by atoms with Crippen molar-refractivity contribution in [3.05, 3.63) is 53.6 Å². The highest BCUT2D eigenvalue weighted by molar-refractivity contribution is 6.52. The molecule has 0 radical (unpaired) electrons. The molecule has 0 aromatic heterocycles. The average Bonchev–Trinajstić information content (AvgIpc) is 2.95. The molecule has 0 unspecified atom stereocenters. The summed E-state index contributed by atoms with van der Waals surface area (Å²) in [5.74, 6) is -1.26. The van der Waals surface area contributed by atoms with Gasteiger partial charge in [-0.2, -0.15) is 0 Å². The maximum Gasteiger partial charge on any atom is 0.299 e. The zero-order valence-electron chi connectivity index (χ0n) is 15.3. The van der Waals surface area contributed by atoms with Crippen molar-refractivity contribution in [3.63, 3.8) is 0 Å². The number of ether oxygens (including phenoxy) is 1. The lowest BCUT2D eigenvalue weighted by Crippen LogP contribution is -2.39. The summed E-state index contributed by atoms with van der Waals surface area (Å²) in [5, 5.41) is 0. The van der Waals surface area contributed by atoms with Crippen molar-refractivity contribution < 1.29 is 23.9 Å². The second-order valence-electron chi connectivity index (χ2n) is 6.68. The lowest BCUT2D eigenvalue weighted by Gasteiger charge is -2.29. The third kappa shape index (κ3) is 2.85. The van der Waals surface area contributed by atoms with E-state index >= 15 is 0 Å². The first-order valence-electron chi connectivity index (χ1n) is 9.07. The molecular weight excluding hydrogens is 360 g/mol. The Bertz CT molecular complexity index is 1010. The van der Waals surface area contributed by atoms with Crippen LogP contribution in [0.3, 0.4) is 0 Å². The van der Waals surface area contributed by atoms with Crippen LogP contribution in [0.25, 0.3) is 0 Å². The zero-order valence-corrected chi connectivity index (χ0v) is 15.3. The number of ketones is 2. The Morgan fingerprint density at radius 1 is 1.04 bits per heavy atom. The van der Waals surface area contributed by atoms with Gasteiger partial charge in [-0.15, -0.1) is 0 Å². The standard InChI is InChI=1S/C21H18N2O5/c1-2-9-22-16-10-13(7-8-18(16)28-12-19(22)25)17(24)11-23-15-6-4-3-5-14(15)20(26)21(23)27/h3-8,10H,2,9,11-12H2,1H3. The van der Waals surface area contributed by atoms with E-state index in [0.717, 1.165) is 6.42 Å². The number of carbonyl (C=O) groups excluding carboxylic acids is 4. The molecule has 2 amide bonds. The molecule has 0 saturated heterocycles. The Morgan fingerprint density at radius 3 is 2.61 bits per heavy atom. The molecule has 2 heterocycles. The van der Waals surface area contributed by atoms with Crippen LogP contribution in [0.15, 0.2) is 42.5 Å². The van der Waals surface area contributed by atoms with E-state index in [1.165, 1.54) is 4.90 Å². The minimum absolute atomic E-state index is 0.0263. The van der Waals surface area contributed by atoms with E-state index in [9.17, 15) is 19.2 Å². The number of rotatable bonds is 5. The van der Waals surface area contributed by atoms with Crippen LogP contribution in [0.2, 0.25) is 0 Å². The van der Waals surface area contributed by atoms with E-state index in [4.69, 9.17) is 4.74 Å². The van der Waals surface area contributed by atoms with E-state index < -0.39 is 11.7 Å². The molecule has 0 spiro atoms. The minimum atomic E-state index is -0.710. The maximum absolute atomic E-state index is 12.8. The van der Waals surface area contributed by atoms with Crippen molar-refractivity contribution in [1.82, 2.24) is 0 Å². The highest BCUT2D eigenvalue weighted by atomic mass is 16.5. The second kappa shape index (κ2) is 6.92. The SMILES string of the molecule is CCCN1C(=O)COc2ccc(C(=O)CN3C(=O)C(=O)c4ccccc43)cc21. The smallest absolute Gasteiger partial charge is 0.299 e. The first kappa shape index (κ1) is 17.9. The van der Waals surface area contributed by atoms with E-state index in [2.05, 4.69) is 0 Å². The van der Waals surface area contributed by atoms with Gasteiger partial charge < -0.3 is 9.64 Å². The van der Waals surface area contributed by atoms with Gasteiger partial charge in [0.2, 0.25) is 0 Å². The van der Waals surface area contributed by atoms with E-state index in [0.29, 0.717) is 34.8 Å². The molecule has 4 rings (SSSR count). The molecule has 142 valence electrons. The average molecular weight is 378 g/mol. The highest BCUT2D eigenvalue weighted by Gasteiger charge is 2.36. The van der Waals surface area contributed by atoms with Crippen LogP contribution in [0.4, 0.5) is 11.4 Å². The largest absolute Gasteiger partial charge is 0.482 e. The summed E-state index contributed by atoms with van der Waals surface area (Å²) in [6.07, 6.45) is 0.768. The number of hydrogen-bond donors (Lipinski definition) is 0. The Kier molecular flexibility index (Phi) is 4.43. The first-order chi connectivity index (χ1) is 13.5. The Balaban J connectivity index is 1.62. The molecule has 7 nitrogen and oxygen atoms in total. The van der Waals surface area contributed by atoms with Gasteiger partial charge in [-0.25, -0.2) is 0 Å². The highest BCUT2D eigenvalue weighted by Crippen LogP contribution is 2.34. The number of anilines is 2. The molecule has 0 N–H and O–H groups in total. The summed E-state index contributed by atoms with van der Waals surface area (Å²) in [6, 6.07) is 11.5. The number of carbonyl (C=O) groups is 4. The summed E-state index contributed by atoms with van der Waals surface area (Å²) < 4.78 is 5.45. The number of nitrogens with zero attached hydrogens (tertiary/aromatic N) is 2. The van der Waals surface area contributed by atoms with E-state index in [-0.39, 0.29) is 24.8 Å². The second-order valence-corrected chi connectivity index (χ2v) is 6.68. The van der Waals surface area contributed by atoms with Gasteiger partial charge in [0.15, 0.2) is 12.4 Å². The van der Waals surface area contributed by atoms with Crippen LogP contribution >= 0.6 is 0 Å². The van der Waals surface area contributed by atoms with Crippen LogP contribution in [-0.2, 0) is 9.59 Å². The monoisotopic (exact) mass is 378 g/mol. The molecule has 2 aromatic rings. The maximum atomic E-state index is 12.8. The predicted octanol–water partition coefficient (Wildman–Crippen LogP) is 2.23. The van der Waals surface area contributed by atoms with Crippen molar-refractivity contribution in [2.75, 3.05) is 29.5 Å². The molecule has 2 aliphatic rings. The van der Waals surface area contributed by atoms with Crippen molar-refractivity contribution in [2.45, 2.75) is 13.3 Å². The number of hydrogen-bond acceptors (Lipinski definition) is 5. The molecule has 0 saturated carbocycles. The predicted molar refractivity (Wildman–Crippen MR) is 102 cm³/mol. The minimum Gasteiger partial charge on any atom is -0.482 e. The van der Waals surface area contributed by atoms with Gasteiger partial charge in [-0.1, -0.05) is 19.1 Å². The first-order valence-corrected chi connectivity index (χ1v) is 9.07. The molecule has 0 bridgehead atoms. The lowest BCUT2D eigenvalue weighted by molar-refractivity contribution is -0.121. The van der Waals surface area contributed by atoms with Gasteiger partial charge in [0.25, 0.3) is 17.6 Å². The molecule has 2 aromatic carbocycles. The molecule has 0 fully saturated rings. The number of amides is 2. The number of benzene rings is 2. The molecule has 0 aliphatic carbocycles. The van der Waals surface area contributed by atoms with Crippen LogP contribution < -0.4 is 14.5 Å².